The zero-order valence-electron chi connectivity index (χ0n) is 31.8. The molecule has 0 fully saturated rings. The van der Waals surface area contributed by atoms with Gasteiger partial charge in [-0.2, -0.15) is 22.7 Å². The molecule has 268 valence electrons. The van der Waals surface area contributed by atoms with Gasteiger partial charge in [0.1, 0.15) is 0 Å². The summed E-state index contributed by atoms with van der Waals surface area (Å²) in [5.74, 6) is 0. The molecule has 2 heterocycles. The molecule has 0 radical (unpaired) electrons. The molecule has 0 unspecified atom stereocenters. The molecular weight excluding hydrogens is 803 g/mol. The predicted molar refractivity (Wildman–Crippen MR) is 223 cm³/mol. The predicted octanol–water partition coefficient (Wildman–Crippen LogP) is 9.13. The largest absolute Gasteiger partial charge is 4.00 e. The molecule has 8 rings (SSSR count). The van der Waals surface area contributed by atoms with Gasteiger partial charge in [-0.15, -0.1) is 69.1 Å². The minimum Gasteiger partial charge on any atom is -1.00 e. The number of aryl methyl sites for hydroxylation is 2. The van der Waals surface area contributed by atoms with Crippen molar-refractivity contribution in [1.29, 1.82) is 0 Å². The molecule has 0 aliphatic carbocycles. The van der Waals surface area contributed by atoms with Gasteiger partial charge < -0.3 is 24.8 Å². The smallest absolute Gasteiger partial charge is 1.00 e. The van der Waals surface area contributed by atoms with Gasteiger partial charge in [0.2, 0.25) is 0 Å². The summed E-state index contributed by atoms with van der Waals surface area (Å²) in [5.41, 5.74) is 11.0. The van der Waals surface area contributed by atoms with Crippen molar-refractivity contribution in [3.8, 4) is 43.1 Å². The summed E-state index contributed by atoms with van der Waals surface area (Å²) in [5, 5.41) is 5.32. The van der Waals surface area contributed by atoms with Gasteiger partial charge in [0.05, 0.1) is 0 Å². The van der Waals surface area contributed by atoms with Gasteiger partial charge in [-0.3, -0.25) is 0 Å². The van der Waals surface area contributed by atoms with Gasteiger partial charge in [0.25, 0.3) is 0 Å². The molecule has 0 atom stereocenters. The van der Waals surface area contributed by atoms with E-state index in [9.17, 15) is 0 Å². The molecule has 0 aliphatic heterocycles. The van der Waals surface area contributed by atoms with Crippen LogP contribution in [0.3, 0.4) is 0 Å². The molecule has 0 N–H and O–H groups in total. The number of fused-ring (bicyclic) bond motifs is 2. The molecule has 0 amide bonds. The zero-order chi connectivity index (χ0) is 35.2. The van der Waals surface area contributed by atoms with Crippen molar-refractivity contribution >= 4 is 44.2 Å². The summed E-state index contributed by atoms with van der Waals surface area (Å²) < 4.78 is 0. The van der Waals surface area contributed by atoms with Gasteiger partial charge >= 0.3 is 26.2 Å². The Morgan fingerprint density at radius 3 is 1.11 bits per heavy atom. The Labute approximate surface area is 356 Å². The van der Waals surface area contributed by atoms with E-state index in [0.717, 1.165) is 0 Å². The minimum absolute atomic E-state index is 0. The van der Waals surface area contributed by atoms with Gasteiger partial charge in [-0.05, 0) is 66.4 Å². The van der Waals surface area contributed by atoms with Crippen LogP contribution in [0.5, 0.6) is 0 Å². The van der Waals surface area contributed by atoms with Crippen LogP contribution in [-0.4, -0.2) is 0 Å². The first-order valence-electron chi connectivity index (χ1n) is 17.6. The second-order valence-electron chi connectivity index (χ2n) is 15.6. The van der Waals surface area contributed by atoms with E-state index in [1.54, 1.807) is 0 Å². The number of rotatable bonds is 4. The average Bonchev–Trinajstić information content (AvgIpc) is 3.90. The standard InChI is InChI=1S/2C24H23S.2ClH.Zr/c2*1-16-8-13-23(25-16)19-14-18-6-5-7-21(22(18)15-19)17-9-11-20(12-10-17)24(2,3)4;;;/h2*5-15H,1-4H3;2*1H;/q2*-1;;;+4/p-2. The maximum absolute atomic E-state index is 2.34. The topological polar surface area (TPSA) is 0 Å². The Morgan fingerprint density at radius 1 is 0.453 bits per heavy atom. The van der Waals surface area contributed by atoms with Crippen LogP contribution in [-0.2, 0) is 37.0 Å². The summed E-state index contributed by atoms with van der Waals surface area (Å²) in [6.07, 6.45) is 0. The fourth-order valence-corrected chi connectivity index (χ4v) is 8.45. The molecule has 0 aliphatic rings. The summed E-state index contributed by atoms with van der Waals surface area (Å²) in [6, 6.07) is 49.5. The number of benzene rings is 4. The normalized spacial score (nSPS) is 11.3. The fourth-order valence-electron chi connectivity index (χ4n) is 6.74. The minimum atomic E-state index is 0. The summed E-state index contributed by atoms with van der Waals surface area (Å²) in [4.78, 5) is 5.42. The number of halogens is 2. The van der Waals surface area contributed by atoms with Crippen LogP contribution in [0.15, 0.2) is 133 Å². The van der Waals surface area contributed by atoms with Crippen LogP contribution >= 0.6 is 22.7 Å². The van der Waals surface area contributed by atoms with Crippen LogP contribution in [0.2, 0.25) is 0 Å². The van der Waals surface area contributed by atoms with E-state index in [2.05, 4.69) is 189 Å². The van der Waals surface area contributed by atoms with E-state index < -0.39 is 0 Å². The quantitative estimate of drug-likeness (QED) is 0.155. The van der Waals surface area contributed by atoms with Crippen molar-refractivity contribution in [1.82, 2.24) is 0 Å². The van der Waals surface area contributed by atoms with E-state index in [0.29, 0.717) is 0 Å². The summed E-state index contributed by atoms with van der Waals surface area (Å²) in [7, 11) is 0. The molecule has 0 nitrogen and oxygen atoms in total. The van der Waals surface area contributed by atoms with Crippen LogP contribution in [0.1, 0.15) is 62.4 Å². The molecule has 6 aromatic carbocycles. The maximum atomic E-state index is 2.34. The molecule has 0 saturated carbocycles. The Kier molecular flexibility index (Phi) is 13.8. The molecule has 8 aromatic rings. The summed E-state index contributed by atoms with van der Waals surface area (Å²) >= 11 is 3.72. The number of hydrogen-bond acceptors (Lipinski definition) is 2. The van der Waals surface area contributed by atoms with Gasteiger partial charge in [0, 0.05) is 0 Å². The van der Waals surface area contributed by atoms with Gasteiger partial charge in [-0.25, -0.2) is 0 Å². The van der Waals surface area contributed by atoms with Crippen molar-refractivity contribution < 1.29 is 51.0 Å². The van der Waals surface area contributed by atoms with Crippen molar-refractivity contribution in [3.05, 3.63) is 154 Å². The Morgan fingerprint density at radius 2 is 0.811 bits per heavy atom. The third-order valence-corrected chi connectivity index (χ3v) is 11.8. The van der Waals surface area contributed by atoms with Crippen molar-refractivity contribution in [3.63, 3.8) is 0 Å². The second kappa shape index (κ2) is 17.2. The van der Waals surface area contributed by atoms with Crippen LogP contribution in [0.4, 0.5) is 0 Å². The van der Waals surface area contributed by atoms with Crippen molar-refractivity contribution in [2.75, 3.05) is 0 Å². The van der Waals surface area contributed by atoms with Crippen LogP contribution < -0.4 is 24.8 Å². The molecule has 5 heteroatoms. The van der Waals surface area contributed by atoms with Gasteiger partial charge in [0.15, 0.2) is 0 Å². The first-order valence-corrected chi connectivity index (χ1v) is 19.2. The molecule has 53 heavy (non-hydrogen) atoms. The van der Waals surface area contributed by atoms with Crippen LogP contribution in [0.25, 0.3) is 64.7 Å². The first-order chi connectivity index (χ1) is 23.8. The zero-order valence-corrected chi connectivity index (χ0v) is 37.4. The third kappa shape index (κ3) is 9.44. The fraction of sp³-hybridized carbons (Fsp3) is 0.208. The van der Waals surface area contributed by atoms with Crippen molar-refractivity contribution in [2.24, 2.45) is 0 Å². The molecule has 2 aromatic heterocycles. The van der Waals surface area contributed by atoms with E-state index in [-0.39, 0.29) is 61.8 Å². The number of hydrogen-bond donors (Lipinski definition) is 0. The van der Waals surface area contributed by atoms with Gasteiger partial charge in [-0.1, -0.05) is 150 Å². The monoisotopic (exact) mass is 846 g/mol. The molecular formula is C48H46Cl2S2Zr. The summed E-state index contributed by atoms with van der Waals surface area (Å²) in [6.45, 7) is 17.9. The molecule has 0 bridgehead atoms. The number of thiophene rings is 2. The van der Waals surface area contributed by atoms with Crippen LogP contribution in [0, 0.1) is 13.8 Å². The van der Waals surface area contributed by atoms with E-state index in [1.807, 2.05) is 22.7 Å². The van der Waals surface area contributed by atoms with E-state index >= 15 is 0 Å². The molecule has 0 saturated heterocycles. The maximum Gasteiger partial charge on any atom is 4.00 e. The Hall–Kier alpha value is -3.04. The van der Waals surface area contributed by atoms with E-state index in [4.69, 9.17) is 0 Å². The van der Waals surface area contributed by atoms with E-state index in [1.165, 1.54) is 85.6 Å². The SMILES string of the molecule is Cc1ccc(-c2cc3c(-c4ccc(C(C)(C)C)cc4)cccc3[cH-]2)s1.Cc1ccc(-c2cc3c(-c4ccc(C(C)(C)C)cc4)cccc3[cH-]2)s1.[Cl-].[Cl-].[Zr+4]. The Bertz CT molecular complexity index is 2230. The first kappa shape index (κ1) is 42.7. The second-order valence-corrected chi connectivity index (χ2v) is 18.2. The van der Waals surface area contributed by atoms with Crippen molar-refractivity contribution in [2.45, 2.75) is 66.2 Å². The third-order valence-electron chi connectivity index (χ3n) is 9.68. The molecule has 0 spiro atoms. The Balaban J connectivity index is 0.000000224. The average molecular weight is 849 g/mol.